The molecule has 0 saturated carbocycles. The van der Waals surface area contributed by atoms with Gasteiger partial charge < -0.3 is 10.4 Å². The molecular weight excluding hydrogens is 292 g/mol. The Kier molecular flexibility index (Phi) is 4.55. The molecule has 0 aliphatic rings. The third-order valence-electron chi connectivity index (χ3n) is 2.89. The van der Waals surface area contributed by atoms with E-state index in [1.54, 1.807) is 43.3 Å². The summed E-state index contributed by atoms with van der Waals surface area (Å²) in [6, 6.07) is 8.86. The van der Waals surface area contributed by atoms with Gasteiger partial charge in [0.05, 0.1) is 10.6 Å². The van der Waals surface area contributed by atoms with Crippen molar-refractivity contribution < 1.29 is 14.7 Å². The molecule has 6 heteroatoms. The summed E-state index contributed by atoms with van der Waals surface area (Å²) < 4.78 is 0. The predicted molar refractivity (Wildman–Crippen MR) is 78.3 cm³/mol. The van der Waals surface area contributed by atoms with Crippen LogP contribution in [-0.4, -0.2) is 22.0 Å². The fourth-order valence-corrected chi connectivity index (χ4v) is 2.13. The largest absolute Gasteiger partial charge is 0.479 e. The van der Waals surface area contributed by atoms with Crippen molar-refractivity contribution in [2.24, 2.45) is 0 Å². The molecule has 0 spiro atoms. The molecule has 5 nitrogen and oxygen atoms in total. The van der Waals surface area contributed by atoms with Crippen molar-refractivity contribution in [1.29, 1.82) is 0 Å². The number of hydrogen-bond acceptors (Lipinski definition) is 3. The van der Waals surface area contributed by atoms with Crippen LogP contribution >= 0.6 is 11.6 Å². The summed E-state index contributed by atoms with van der Waals surface area (Å²) in [5, 5.41) is 12.0. The van der Waals surface area contributed by atoms with Crippen LogP contribution in [-0.2, 0) is 4.79 Å². The Hall–Kier alpha value is -2.40. The first-order valence-corrected chi connectivity index (χ1v) is 6.57. The summed E-state index contributed by atoms with van der Waals surface area (Å²) in [4.78, 5) is 27.5. The van der Waals surface area contributed by atoms with Crippen LogP contribution in [0.4, 0.5) is 0 Å². The highest BCUT2D eigenvalue weighted by atomic mass is 35.5. The first-order chi connectivity index (χ1) is 9.99. The minimum absolute atomic E-state index is 0.143. The van der Waals surface area contributed by atoms with Crippen LogP contribution in [0.5, 0.6) is 0 Å². The number of aliphatic carboxylic acids is 1. The number of aromatic nitrogens is 1. The molecule has 0 bridgehead atoms. The number of halogens is 1. The van der Waals surface area contributed by atoms with Gasteiger partial charge in [-0.15, -0.1) is 0 Å². The molecule has 2 aromatic rings. The van der Waals surface area contributed by atoms with Crippen LogP contribution < -0.4 is 5.32 Å². The number of carbonyl (C=O) groups is 2. The van der Waals surface area contributed by atoms with Gasteiger partial charge in [0.25, 0.3) is 5.91 Å². The highest BCUT2D eigenvalue weighted by Crippen LogP contribution is 2.18. The highest BCUT2D eigenvalue weighted by Gasteiger charge is 2.23. The van der Waals surface area contributed by atoms with Crippen LogP contribution in [0.3, 0.4) is 0 Å². The molecule has 0 aliphatic carbocycles. The minimum atomic E-state index is -1.15. The predicted octanol–water partition coefficient (Wildman–Crippen LogP) is 2.60. The van der Waals surface area contributed by atoms with Crippen molar-refractivity contribution in [3.63, 3.8) is 0 Å². The number of carboxylic acids is 1. The summed E-state index contributed by atoms with van der Waals surface area (Å²) >= 11 is 5.99. The molecule has 2 N–H and O–H groups in total. The number of nitrogens with zero attached hydrogens (tertiary/aromatic N) is 1. The average molecular weight is 305 g/mol. The van der Waals surface area contributed by atoms with E-state index in [0.29, 0.717) is 11.3 Å². The number of amides is 1. The molecule has 1 amide bonds. The number of carbonyl (C=O) groups excluding carboxylic acids is 1. The lowest BCUT2D eigenvalue weighted by atomic mass is 10.1. The molecule has 0 radical (unpaired) electrons. The normalized spacial score (nSPS) is 11.7. The smallest absolute Gasteiger partial charge is 0.330 e. The highest BCUT2D eigenvalue weighted by molar-refractivity contribution is 6.33. The summed E-state index contributed by atoms with van der Waals surface area (Å²) in [5.41, 5.74) is 1.30. The molecule has 0 unspecified atom stereocenters. The summed E-state index contributed by atoms with van der Waals surface area (Å²) in [6.45, 7) is 1.75. The van der Waals surface area contributed by atoms with E-state index in [1.165, 1.54) is 6.20 Å². The van der Waals surface area contributed by atoms with Crippen LogP contribution in [0.25, 0.3) is 0 Å². The Balaban J connectivity index is 2.25. The number of carboxylic acid groups (broad SMARTS) is 1. The van der Waals surface area contributed by atoms with Crippen molar-refractivity contribution in [2.75, 3.05) is 0 Å². The third-order valence-corrected chi connectivity index (χ3v) is 3.20. The fourth-order valence-electron chi connectivity index (χ4n) is 1.84. The number of aryl methyl sites for hydroxylation is 1. The quantitative estimate of drug-likeness (QED) is 0.910. The molecule has 0 fully saturated rings. The van der Waals surface area contributed by atoms with Crippen molar-refractivity contribution in [1.82, 2.24) is 10.3 Å². The van der Waals surface area contributed by atoms with Crippen molar-refractivity contribution >= 4 is 23.5 Å². The second-order valence-corrected chi connectivity index (χ2v) is 4.87. The van der Waals surface area contributed by atoms with E-state index < -0.39 is 17.9 Å². The van der Waals surface area contributed by atoms with E-state index in [-0.39, 0.29) is 10.6 Å². The maximum atomic E-state index is 12.2. The van der Waals surface area contributed by atoms with Crippen LogP contribution in [0.2, 0.25) is 5.02 Å². The average Bonchev–Trinajstić information content (AvgIpc) is 2.45. The number of nitrogens with one attached hydrogen (secondary N) is 1. The van der Waals surface area contributed by atoms with Crippen molar-refractivity contribution in [2.45, 2.75) is 13.0 Å². The Labute approximate surface area is 126 Å². The first kappa shape index (κ1) is 15.0. The van der Waals surface area contributed by atoms with E-state index in [2.05, 4.69) is 10.3 Å². The van der Waals surface area contributed by atoms with Crippen LogP contribution in [0.15, 0.2) is 42.6 Å². The van der Waals surface area contributed by atoms with Gasteiger partial charge in [0.1, 0.15) is 0 Å². The molecule has 1 aromatic heterocycles. The molecule has 108 valence electrons. The van der Waals surface area contributed by atoms with E-state index >= 15 is 0 Å². The number of rotatable bonds is 4. The molecule has 1 atom stereocenters. The Morgan fingerprint density at radius 2 is 1.95 bits per heavy atom. The van der Waals surface area contributed by atoms with Crippen molar-refractivity contribution in [3.05, 3.63) is 64.4 Å². The maximum absolute atomic E-state index is 12.2. The SMILES string of the molecule is Cc1cc(Cl)c(C(=O)N[C@@H](C(=O)O)c2ccccc2)cn1. The monoisotopic (exact) mass is 304 g/mol. The van der Waals surface area contributed by atoms with E-state index in [0.717, 1.165) is 0 Å². The lowest BCUT2D eigenvalue weighted by Gasteiger charge is -2.15. The molecule has 1 heterocycles. The van der Waals surface area contributed by atoms with Crippen molar-refractivity contribution in [3.8, 4) is 0 Å². The number of benzene rings is 1. The van der Waals surface area contributed by atoms with Gasteiger partial charge in [0, 0.05) is 11.9 Å². The Morgan fingerprint density at radius 1 is 1.29 bits per heavy atom. The zero-order valence-corrected chi connectivity index (χ0v) is 12.0. The molecule has 1 aromatic carbocycles. The first-order valence-electron chi connectivity index (χ1n) is 6.20. The van der Waals surface area contributed by atoms with E-state index in [9.17, 15) is 14.7 Å². The van der Waals surface area contributed by atoms with Gasteiger partial charge in [-0.25, -0.2) is 4.79 Å². The van der Waals surface area contributed by atoms with Gasteiger partial charge in [-0.05, 0) is 18.6 Å². The maximum Gasteiger partial charge on any atom is 0.330 e. The molecule has 21 heavy (non-hydrogen) atoms. The summed E-state index contributed by atoms with van der Waals surface area (Å²) in [7, 11) is 0. The van der Waals surface area contributed by atoms with Gasteiger partial charge in [-0.2, -0.15) is 0 Å². The minimum Gasteiger partial charge on any atom is -0.479 e. The Bertz CT molecular complexity index is 674. The lowest BCUT2D eigenvalue weighted by Crippen LogP contribution is -2.34. The zero-order chi connectivity index (χ0) is 15.4. The third kappa shape index (κ3) is 3.58. The van der Waals surface area contributed by atoms with Gasteiger partial charge in [-0.1, -0.05) is 41.9 Å². The zero-order valence-electron chi connectivity index (χ0n) is 11.2. The molecule has 2 rings (SSSR count). The van der Waals surface area contributed by atoms with Gasteiger partial charge >= 0.3 is 5.97 Å². The molecular formula is C15H13ClN2O3. The second kappa shape index (κ2) is 6.37. The second-order valence-electron chi connectivity index (χ2n) is 4.46. The lowest BCUT2D eigenvalue weighted by molar-refractivity contribution is -0.139. The van der Waals surface area contributed by atoms with Gasteiger partial charge in [0.2, 0.25) is 0 Å². The van der Waals surface area contributed by atoms with Crippen LogP contribution in [0, 0.1) is 6.92 Å². The van der Waals surface area contributed by atoms with Crippen LogP contribution in [0.1, 0.15) is 27.7 Å². The summed E-state index contributed by atoms with van der Waals surface area (Å²) in [6.07, 6.45) is 1.33. The van der Waals surface area contributed by atoms with E-state index in [4.69, 9.17) is 11.6 Å². The molecule has 0 aliphatic heterocycles. The van der Waals surface area contributed by atoms with Gasteiger partial charge in [-0.3, -0.25) is 9.78 Å². The van der Waals surface area contributed by atoms with E-state index in [1.807, 2.05) is 0 Å². The standard InChI is InChI=1S/C15H13ClN2O3/c1-9-7-12(16)11(8-17-9)14(19)18-13(15(20)21)10-5-3-2-4-6-10/h2-8,13H,1H3,(H,18,19)(H,20,21)/t13-/m1/s1. The number of pyridine rings is 1. The fraction of sp³-hybridized carbons (Fsp3) is 0.133. The molecule has 0 saturated heterocycles. The van der Waals surface area contributed by atoms with Gasteiger partial charge in [0.15, 0.2) is 6.04 Å². The topological polar surface area (TPSA) is 79.3 Å². The number of hydrogen-bond donors (Lipinski definition) is 2. The summed E-state index contributed by atoms with van der Waals surface area (Å²) in [5.74, 6) is -1.73. The Morgan fingerprint density at radius 3 is 2.52 bits per heavy atom.